The number of carbonyl (C=O) groups excluding carboxylic acids is 1. The van der Waals surface area contributed by atoms with Crippen LogP contribution in [0.2, 0.25) is 0 Å². The van der Waals surface area contributed by atoms with E-state index in [-0.39, 0.29) is 23.6 Å². The molecule has 0 aliphatic carbocycles. The lowest BCUT2D eigenvalue weighted by molar-refractivity contribution is -0.126. The zero-order valence-corrected chi connectivity index (χ0v) is 16.6. The Kier molecular flexibility index (Phi) is 6.83. The van der Waals surface area contributed by atoms with E-state index in [1.807, 2.05) is 31.2 Å². The quantitative estimate of drug-likeness (QED) is 0.774. The van der Waals surface area contributed by atoms with E-state index in [0.29, 0.717) is 25.9 Å². The summed E-state index contributed by atoms with van der Waals surface area (Å²) >= 11 is 3.41. The maximum absolute atomic E-state index is 12.4. The van der Waals surface area contributed by atoms with Gasteiger partial charge >= 0.3 is 0 Å². The summed E-state index contributed by atoms with van der Waals surface area (Å²) in [5, 5.41) is 3.06. The number of hydrogen-bond donors (Lipinski definition) is 1. The van der Waals surface area contributed by atoms with Gasteiger partial charge in [0.15, 0.2) is 0 Å². The van der Waals surface area contributed by atoms with E-state index in [4.69, 9.17) is 0 Å². The molecule has 5 nitrogen and oxygen atoms in total. The molecule has 7 heteroatoms. The molecule has 1 aliphatic rings. The van der Waals surface area contributed by atoms with E-state index in [2.05, 4.69) is 21.2 Å². The molecular weight excluding hydrogens is 392 g/mol. The van der Waals surface area contributed by atoms with Gasteiger partial charge in [0.1, 0.15) is 0 Å². The van der Waals surface area contributed by atoms with Gasteiger partial charge in [0.05, 0.1) is 5.75 Å². The van der Waals surface area contributed by atoms with E-state index in [0.717, 1.165) is 10.9 Å². The van der Waals surface area contributed by atoms with Crippen LogP contribution in [-0.4, -0.2) is 43.5 Å². The first-order valence-corrected chi connectivity index (χ1v) is 10.7. The highest BCUT2D eigenvalue weighted by Crippen LogP contribution is 2.20. The van der Waals surface area contributed by atoms with Crippen LogP contribution in [0.5, 0.6) is 0 Å². The molecule has 1 heterocycles. The second-order valence-corrected chi connectivity index (χ2v) is 9.49. The fourth-order valence-electron chi connectivity index (χ4n) is 2.96. The Morgan fingerprint density at radius 1 is 1.29 bits per heavy atom. The maximum Gasteiger partial charge on any atom is 0.223 e. The molecule has 1 aromatic carbocycles. The lowest BCUT2D eigenvalue weighted by Gasteiger charge is -2.30. The summed E-state index contributed by atoms with van der Waals surface area (Å²) in [5.74, 6) is 0.0579. The molecule has 0 saturated carbocycles. The molecular formula is C17H25BrN2O3S. The van der Waals surface area contributed by atoms with Gasteiger partial charge in [-0.05, 0) is 50.8 Å². The molecule has 1 atom stereocenters. The minimum Gasteiger partial charge on any atom is -0.353 e. The molecule has 1 fully saturated rings. The first-order valence-electron chi connectivity index (χ1n) is 8.34. The smallest absolute Gasteiger partial charge is 0.223 e. The number of nitrogens with zero attached hydrogens (tertiary/aromatic N) is 1. The average Bonchev–Trinajstić information content (AvgIpc) is 2.57. The van der Waals surface area contributed by atoms with Crippen molar-refractivity contribution in [2.24, 2.45) is 5.92 Å². The van der Waals surface area contributed by atoms with Crippen LogP contribution in [0.3, 0.4) is 0 Å². The summed E-state index contributed by atoms with van der Waals surface area (Å²) in [4.78, 5) is 12.4. The van der Waals surface area contributed by atoms with Crippen molar-refractivity contribution in [1.82, 2.24) is 9.62 Å². The van der Waals surface area contributed by atoms with Gasteiger partial charge in [0, 0.05) is 29.5 Å². The summed E-state index contributed by atoms with van der Waals surface area (Å²) < 4.78 is 26.3. The van der Waals surface area contributed by atoms with Gasteiger partial charge in [-0.3, -0.25) is 4.79 Å². The average molecular weight is 417 g/mol. The third-order valence-electron chi connectivity index (χ3n) is 4.43. The molecule has 2 rings (SSSR count). The van der Waals surface area contributed by atoms with Crippen LogP contribution in [0.1, 0.15) is 32.3 Å². The van der Waals surface area contributed by atoms with Crippen molar-refractivity contribution in [2.45, 2.75) is 39.2 Å². The molecule has 1 aromatic rings. The Labute approximate surface area is 153 Å². The highest BCUT2D eigenvalue weighted by molar-refractivity contribution is 9.10. The van der Waals surface area contributed by atoms with Gasteiger partial charge < -0.3 is 5.32 Å². The lowest BCUT2D eigenvalue weighted by Crippen LogP contribution is -2.45. The normalized spacial score (nSPS) is 18.3. The zero-order chi connectivity index (χ0) is 17.7. The predicted molar refractivity (Wildman–Crippen MR) is 99.2 cm³/mol. The minimum absolute atomic E-state index is 0.0353. The number of piperidine rings is 1. The number of amides is 1. The largest absolute Gasteiger partial charge is 0.353 e. The van der Waals surface area contributed by atoms with Gasteiger partial charge in [-0.1, -0.05) is 28.1 Å². The highest BCUT2D eigenvalue weighted by Gasteiger charge is 2.30. The Hall–Kier alpha value is -0.920. The van der Waals surface area contributed by atoms with Gasteiger partial charge in [0.2, 0.25) is 15.9 Å². The molecule has 1 N–H and O–H groups in total. The van der Waals surface area contributed by atoms with Crippen molar-refractivity contribution >= 4 is 31.9 Å². The fourth-order valence-corrected chi connectivity index (χ4v) is 4.36. The number of halogens is 1. The van der Waals surface area contributed by atoms with Crippen molar-refractivity contribution in [1.29, 1.82) is 0 Å². The topological polar surface area (TPSA) is 66.5 Å². The van der Waals surface area contributed by atoms with Gasteiger partial charge in [-0.2, -0.15) is 0 Å². The predicted octanol–water partition coefficient (Wildman–Crippen LogP) is 2.56. The molecule has 1 unspecified atom stereocenters. The highest BCUT2D eigenvalue weighted by atomic mass is 79.9. The summed E-state index contributed by atoms with van der Waals surface area (Å²) in [5.41, 5.74) is 1.18. The van der Waals surface area contributed by atoms with Crippen molar-refractivity contribution in [3.05, 3.63) is 34.3 Å². The Morgan fingerprint density at radius 3 is 2.42 bits per heavy atom. The minimum atomic E-state index is -3.14. The first-order chi connectivity index (χ1) is 11.3. The molecule has 0 radical (unpaired) electrons. The van der Waals surface area contributed by atoms with E-state index in [1.165, 1.54) is 9.87 Å². The van der Waals surface area contributed by atoms with Crippen molar-refractivity contribution in [3.8, 4) is 0 Å². The molecule has 1 aliphatic heterocycles. The summed E-state index contributed by atoms with van der Waals surface area (Å²) in [6, 6.07) is 8.12. The number of nitrogens with one attached hydrogen (secondary N) is 1. The van der Waals surface area contributed by atoms with Crippen LogP contribution in [-0.2, 0) is 21.2 Å². The van der Waals surface area contributed by atoms with Crippen LogP contribution >= 0.6 is 15.9 Å². The maximum atomic E-state index is 12.4. The number of rotatable bonds is 6. The third-order valence-corrected chi connectivity index (χ3v) is 6.84. The number of sulfonamides is 1. The summed E-state index contributed by atoms with van der Waals surface area (Å²) in [7, 11) is -3.14. The van der Waals surface area contributed by atoms with Gasteiger partial charge in [-0.15, -0.1) is 0 Å². The second-order valence-electron chi connectivity index (χ2n) is 6.31. The van der Waals surface area contributed by atoms with Crippen LogP contribution in [0.4, 0.5) is 0 Å². The molecule has 134 valence electrons. The Bertz CT molecular complexity index is 653. The van der Waals surface area contributed by atoms with Gasteiger partial charge in [-0.25, -0.2) is 12.7 Å². The Morgan fingerprint density at radius 2 is 1.88 bits per heavy atom. The molecule has 0 spiro atoms. The fraction of sp³-hybridized carbons (Fsp3) is 0.588. The van der Waals surface area contributed by atoms with Crippen LogP contribution in [0.15, 0.2) is 28.7 Å². The van der Waals surface area contributed by atoms with Crippen molar-refractivity contribution in [3.63, 3.8) is 0 Å². The molecule has 1 amide bonds. The lowest BCUT2D eigenvalue weighted by atomic mass is 9.96. The van der Waals surface area contributed by atoms with Crippen LogP contribution in [0.25, 0.3) is 0 Å². The SMILES string of the molecule is CCS(=O)(=O)N1CCC(C(=O)NC(C)Cc2ccc(Br)cc2)CC1. The van der Waals surface area contributed by atoms with Crippen molar-refractivity contribution in [2.75, 3.05) is 18.8 Å². The molecule has 1 saturated heterocycles. The number of hydrogen-bond acceptors (Lipinski definition) is 3. The van der Waals surface area contributed by atoms with Crippen LogP contribution < -0.4 is 5.32 Å². The zero-order valence-electron chi connectivity index (χ0n) is 14.2. The van der Waals surface area contributed by atoms with E-state index >= 15 is 0 Å². The third kappa shape index (κ3) is 5.29. The van der Waals surface area contributed by atoms with Crippen molar-refractivity contribution < 1.29 is 13.2 Å². The molecule has 0 bridgehead atoms. The monoisotopic (exact) mass is 416 g/mol. The first kappa shape index (κ1) is 19.4. The molecule has 0 aromatic heterocycles. The van der Waals surface area contributed by atoms with Gasteiger partial charge in [0.25, 0.3) is 0 Å². The molecule has 24 heavy (non-hydrogen) atoms. The second kappa shape index (κ2) is 8.45. The number of carbonyl (C=O) groups is 1. The standard InChI is InChI=1S/C17H25BrN2O3S/c1-3-24(22,23)20-10-8-15(9-11-20)17(21)19-13(2)12-14-4-6-16(18)7-5-14/h4-7,13,15H,3,8-12H2,1-2H3,(H,19,21). The number of benzene rings is 1. The summed E-state index contributed by atoms with van der Waals surface area (Å²) in [6.45, 7) is 4.53. The van der Waals surface area contributed by atoms with Crippen LogP contribution in [0, 0.1) is 5.92 Å². The summed E-state index contributed by atoms with van der Waals surface area (Å²) in [6.07, 6.45) is 1.97. The van der Waals surface area contributed by atoms with E-state index < -0.39 is 10.0 Å². The van der Waals surface area contributed by atoms with E-state index in [9.17, 15) is 13.2 Å². The Balaban J connectivity index is 1.81. The van der Waals surface area contributed by atoms with E-state index in [1.54, 1.807) is 6.92 Å².